The number of aryl methyl sites for hydroxylation is 4. The van der Waals surface area contributed by atoms with Crippen LogP contribution in [-0.4, -0.2) is 0 Å². The summed E-state index contributed by atoms with van der Waals surface area (Å²) < 4.78 is 10.8. The Kier molecular flexibility index (Phi) is 3.76. The molecule has 2 nitrogen and oxygen atoms in total. The van der Waals surface area contributed by atoms with Gasteiger partial charge in [-0.2, -0.15) is 0 Å². The van der Waals surface area contributed by atoms with Gasteiger partial charge in [-0.05, 0) is 64.1 Å². The molecule has 0 bridgehead atoms. The fraction of sp³-hybridized carbons (Fsp3) is 0.200. The van der Waals surface area contributed by atoms with Gasteiger partial charge in [0.25, 0.3) is 0 Å². The number of hydrogen-bond acceptors (Lipinski definition) is 2. The van der Waals surface area contributed by atoms with Crippen LogP contribution in [0.1, 0.15) is 22.6 Å². The molecular weight excluding hydrogens is 272 g/mol. The number of hydrogen-bond donors (Lipinski definition) is 0. The molecule has 0 unspecified atom stereocenters. The Labute approximate surface area is 130 Å². The van der Waals surface area contributed by atoms with Crippen molar-refractivity contribution < 1.29 is 8.83 Å². The van der Waals surface area contributed by atoms with Crippen molar-refractivity contribution in [3.05, 3.63) is 71.2 Å². The van der Waals surface area contributed by atoms with E-state index in [1.54, 1.807) is 0 Å². The summed E-state index contributed by atoms with van der Waals surface area (Å²) in [6.45, 7) is 8.11. The highest BCUT2D eigenvalue weighted by Crippen LogP contribution is 2.20. The highest BCUT2D eigenvalue weighted by Gasteiger charge is 1.98. The fourth-order valence-corrected chi connectivity index (χ4v) is 2.59. The minimum atomic E-state index is 0.977. The Morgan fingerprint density at radius 1 is 0.545 bits per heavy atom. The summed E-state index contributed by atoms with van der Waals surface area (Å²) in [5, 5.41) is 2.39. The Balaban J connectivity index is 0.000000131. The third kappa shape index (κ3) is 3.06. The molecule has 0 aliphatic rings. The first-order chi connectivity index (χ1) is 10.5. The minimum Gasteiger partial charge on any atom is -0.461 e. The summed E-state index contributed by atoms with van der Waals surface area (Å²) in [6, 6.07) is 16.5. The Bertz CT molecular complexity index is 847. The molecule has 2 aromatic carbocycles. The summed E-state index contributed by atoms with van der Waals surface area (Å²) in [7, 11) is 0. The lowest BCUT2D eigenvalue weighted by Crippen LogP contribution is -1.67. The zero-order chi connectivity index (χ0) is 15.7. The first-order valence-electron chi connectivity index (χ1n) is 7.45. The van der Waals surface area contributed by atoms with Crippen LogP contribution in [0, 0.1) is 27.7 Å². The summed E-state index contributed by atoms with van der Waals surface area (Å²) in [6.07, 6.45) is 0. The van der Waals surface area contributed by atoms with E-state index in [4.69, 9.17) is 8.83 Å². The maximum atomic E-state index is 5.42. The Hall–Kier alpha value is -2.48. The average Bonchev–Trinajstić information content (AvgIpc) is 2.99. The highest BCUT2D eigenvalue weighted by atomic mass is 16.3. The summed E-state index contributed by atoms with van der Waals surface area (Å²) in [4.78, 5) is 0. The van der Waals surface area contributed by atoms with Crippen molar-refractivity contribution >= 4 is 21.9 Å². The van der Waals surface area contributed by atoms with Crippen molar-refractivity contribution in [1.82, 2.24) is 0 Å². The molecule has 2 aromatic heterocycles. The molecule has 0 saturated carbocycles. The Morgan fingerprint density at radius 2 is 0.955 bits per heavy atom. The zero-order valence-electron chi connectivity index (χ0n) is 13.4. The van der Waals surface area contributed by atoms with Gasteiger partial charge < -0.3 is 8.83 Å². The van der Waals surface area contributed by atoms with E-state index in [9.17, 15) is 0 Å². The molecule has 0 aliphatic carbocycles. The van der Waals surface area contributed by atoms with E-state index in [0.29, 0.717) is 0 Å². The monoisotopic (exact) mass is 292 g/mol. The quantitative estimate of drug-likeness (QED) is 0.391. The predicted octanol–water partition coefficient (Wildman–Crippen LogP) is 6.10. The van der Waals surface area contributed by atoms with E-state index in [0.717, 1.165) is 22.7 Å². The average molecular weight is 292 g/mol. The zero-order valence-corrected chi connectivity index (χ0v) is 13.4. The SMILES string of the molecule is Cc1ccc2oc(C)cc2c1.Cc1ccc2oc(C)cc2c1. The molecule has 0 radical (unpaired) electrons. The maximum absolute atomic E-state index is 5.42. The second-order valence-electron chi connectivity index (χ2n) is 5.80. The molecule has 0 fully saturated rings. The lowest BCUT2D eigenvalue weighted by molar-refractivity contribution is 0.578. The third-order valence-corrected chi connectivity index (χ3v) is 3.59. The van der Waals surface area contributed by atoms with Gasteiger partial charge in [0.05, 0.1) is 0 Å². The van der Waals surface area contributed by atoms with Gasteiger partial charge in [0.1, 0.15) is 22.7 Å². The van der Waals surface area contributed by atoms with Gasteiger partial charge in [-0.1, -0.05) is 23.3 Å². The standard InChI is InChI=1S/2C10H10O/c2*1-7-3-4-10-9(5-7)6-8(2)11-10/h2*3-6H,1-2H3. The first-order valence-corrected chi connectivity index (χ1v) is 7.45. The van der Waals surface area contributed by atoms with Crippen LogP contribution in [0.2, 0.25) is 0 Å². The molecule has 0 amide bonds. The topological polar surface area (TPSA) is 26.3 Å². The summed E-state index contributed by atoms with van der Waals surface area (Å²) >= 11 is 0. The number of rotatable bonds is 0. The van der Waals surface area contributed by atoms with Crippen LogP contribution in [0.15, 0.2) is 57.4 Å². The van der Waals surface area contributed by atoms with Gasteiger partial charge in [0.15, 0.2) is 0 Å². The van der Waals surface area contributed by atoms with Gasteiger partial charge in [-0.15, -0.1) is 0 Å². The number of fused-ring (bicyclic) bond motifs is 2. The largest absolute Gasteiger partial charge is 0.461 e. The van der Waals surface area contributed by atoms with E-state index in [1.807, 2.05) is 26.0 Å². The highest BCUT2D eigenvalue weighted by molar-refractivity contribution is 5.79. The molecule has 4 rings (SSSR count). The van der Waals surface area contributed by atoms with Crippen molar-refractivity contribution in [3.8, 4) is 0 Å². The first kappa shape index (κ1) is 14.5. The molecule has 0 spiro atoms. The molecule has 112 valence electrons. The van der Waals surface area contributed by atoms with Gasteiger partial charge in [-0.3, -0.25) is 0 Å². The van der Waals surface area contributed by atoms with Crippen molar-refractivity contribution in [3.63, 3.8) is 0 Å². The molecule has 4 aromatic rings. The molecule has 0 N–H and O–H groups in total. The molecule has 0 aliphatic heterocycles. The van der Waals surface area contributed by atoms with Crippen molar-refractivity contribution in [2.45, 2.75) is 27.7 Å². The normalized spacial score (nSPS) is 10.7. The van der Waals surface area contributed by atoms with Crippen molar-refractivity contribution in [1.29, 1.82) is 0 Å². The Morgan fingerprint density at radius 3 is 1.36 bits per heavy atom. The second kappa shape index (κ2) is 5.72. The lowest BCUT2D eigenvalue weighted by Gasteiger charge is -1.89. The van der Waals surface area contributed by atoms with E-state index < -0.39 is 0 Å². The molecular formula is C20H20O2. The maximum Gasteiger partial charge on any atom is 0.134 e. The number of benzene rings is 2. The van der Waals surface area contributed by atoms with Crippen LogP contribution in [0.4, 0.5) is 0 Å². The molecule has 22 heavy (non-hydrogen) atoms. The minimum absolute atomic E-state index is 0.977. The second-order valence-corrected chi connectivity index (χ2v) is 5.80. The lowest BCUT2D eigenvalue weighted by atomic mass is 10.2. The van der Waals surface area contributed by atoms with E-state index >= 15 is 0 Å². The van der Waals surface area contributed by atoms with Crippen molar-refractivity contribution in [2.75, 3.05) is 0 Å². The van der Waals surface area contributed by atoms with Crippen LogP contribution in [0.25, 0.3) is 21.9 Å². The van der Waals surface area contributed by atoms with Crippen molar-refractivity contribution in [2.24, 2.45) is 0 Å². The molecule has 0 atom stereocenters. The van der Waals surface area contributed by atoms with Crippen LogP contribution in [-0.2, 0) is 0 Å². The van der Waals surface area contributed by atoms with E-state index in [-0.39, 0.29) is 0 Å². The van der Waals surface area contributed by atoms with E-state index in [1.165, 1.54) is 21.9 Å². The molecule has 2 heterocycles. The van der Waals surface area contributed by atoms with Gasteiger partial charge in [-0.25, -0.2) is 0 Å². The van der Waals surface area contributed by atoms with Gasteiger partial charge in [0, 0.05) is 10.8 Å². The van der Waals surface area contributed by atoms with Crippen LogP contribution >= 0.6 is 0 Å². The molecule has 0 saturated heterocycles. The van der Waals surface area contributed by atoms with Gasteiger partial charge >= 0.3 is 0 Å². The number of furan rings is 2. The predicted molar refractivity (Wildman–Crippen MR) is 91.4 cm³/mol. The summed E-state index contributed by atoms with van der Waals surface area (Å²) in [5.41, 5.74) is 4.51. The third-order valence-electron chi connectivity index (χ3n) is 3.59. The molecule has 2 heteroatoms. The van der Waals surface area contributed by atoms with Gasteiger partial charge in [0.2, 0.25) is 0 Å². The van der Waals surface area contributed by atoms with E-state index in [2.05, 4.69) is 50.2 Å². The van der Waals surface area contributed by atoms with Crippen LogP contribution < -0.4 is 0 Å². The van der Waals surface area contributed by atoms with Crippen LogP contribution in [0.5, 0.6) is 0 Å². The smallest absolute Gasteiger partial charge is 0.134 e. The van der Waals surface area contributed by atoms with Crippen LogP contribution in [0.3, 0.4) is 0 Å². The summed E-state index contributed by atoms with van der Waals surface area (Å²) in [5.74, 6) is 1.95. The fourth-order valence-electron chi connectivity index (χ4n) is 2.59.